The smallest absolute Gasteiger partial charge is 0.250 e. The maximum absolute atomic E-state index is 13.6. The van der Waals surface area contributed by atoms with E-state index in [-0.39, 0.29) is 23.8 Å². The molecular formula is C24H25N3O3S. The predicted octanol–water partition coefficient (Wildman–Crippen LogP) is 2.40. The first kappa shape index (κ1) is 20.3. The number of carbonyl (C=O) groups excluding carboxylic acids is 3. The molecule has 2 N–H and O–H groups in total. The highest BCUT2D eigenvalue weighted by Gasteiger charge is 2.70. The Morgan fingerprint density at radius 2 is 1.74 bits per heavy atom. The molecule has 2 saturated heterocycles. The fourth-order valence-corrected chi connectivity index (χ4v) is 5.91. The molecule has 3 aliphatic rings. The normalized spacial score (nSPS) is 28.9. The van der Waals surface area contributed by atoms with Crippen LogP contribution in [0, 0.1) is 11.8 Å². The van der Waals surface area contributed by atoms with Crippen molar-refractivity contribution in [1.82, 2.24) is 10.2 Å². The summed E-state index contributed by atoms with van der Waals surface area (Å²) in [6.45, 7) is 0.337. The number of benzene rings is 2. The van der Waals surface area contributed by atoms with Crippen LogP contribution in [0.1, 0.15) is 17.5 Å². The summed E-state index contributed by atoms with van der Waals surface area (Å²) in [7, 11) is 0. The first-order valence-electron chi connectivity index (χ1n) is 10.6. The van der Waals surface area contributed by atoms with Crippen LogP contribution >= 0.6 is 11.8 Å². The van der Waals surface area contributed by atoms with Crippen molar-refractivity contribution in [3.63, 3.8) is 0 Å². The van der Waals surface area contributed by atoms with Gasteiger partial charge in [0, 0.05) is 23.8 Å². The Hall–Kier alpha value is -2.64. The average Bonchev–Trinajstić information content (AvgIpc) is 3.36. The first-order valence-corrected chi connectivity index (χ1v) is 12.0. The summed E-state index contributed by atoms with van der Waals surface area (Å²) in [4.78, 5) is 41.8. The van der Waals surface area contributed by atoms with E-state index >= 15 is 0 Å². The average molecular weight is 436 g/mol. The molecule has 0 aromatic heterocycles. The number of likely N-dealkylation sites (tertiary alicyclic amines) is 1. The van der Waals surface area contributed by atoms with E-state index in [0.717, 1.165) is 23.3 Å². The third-order valence-corrected chi connectivity index (χ3v) is 7.46. The van der Waals surface area contributed by atoms with Gasteiger partial charge in [-0.15, -0.1) is 0 Å². The number of thioether (sulfide) groups is 1. The molecule has 4 atom stereocenters. The molecule has 2 aromatic rings. The van der Waals surface area contributed by atoms with Crippen LogP contribution in [0.5, 0.6) is 0 Å². The number of amides is 3. The number of rotatable bonds is 6. The van der Waals surface area contributed by atoms with E-state index in [2.05, 4.69) is 10.6 Å². The molecule has 6 nitrogen and oxygen atoms in total. The monoisotopic (exact) mass is 435 g/mol. The quantitative estimate of drug-likeness (QED) is 0.682. The summed E-state index contributed by atoms with van der Waals surface area (Å²) >= 11 is 1.70. The number of nitrogens with zero attached hydrogens (tertiary/aromatic N) is 1. The van der Waals surface area contributed by atoms with Gasteiger partial charge >= 0.3 is 0 Å². The fourth-order valence-electron chi connectivity index (χ4n) is 5.42. The zero-order chi connectivity index (χ0) is 21.6. The lowest BCUT2D eigenvalue weighted by molar-refractivity contribution is -0.142. The lowest BCUT2D eigenvalue weighted by Gasteiger charge is -2.29. The second kappa shape index (κ2) is 7.80. The summed E-state index contributed by atoms with van der Waals surface area (Å²) in [6, 6.07) is 17.1. The molecule has 0 saturated carbocycles. The van der Waals surface area contributed by atoms with Crippen LogP contribution in [-0.2, 0) is 26.3 Å². The Bertz CT molecular complexity index is 1040. The third-order valence-electron chi connectivity index (χ3n) is 6.81. The van der Waals surface area contributed by atoms with Gasteiger partial charge < -0.3 is 5.32 Å². The number of para-hydroxylation sites is 1. The molecule has 2 fully saturated rings. The van der Waals surface area contributed by atoms with Gasteiger partial charge in [-0.05, 0) is 36.5 Å². The Balaban J connectivity index is 1.51. The van der Waals surface area contributed by atoms with E-state index in [1.165, 1.54) is 4.90 Å². The number of nitrogens with one attached hydrogen (secondary N) is 2. The molecule has 3 aliphatic heterocycles. The van der Waals surface area contributed by atoms with Crippen molar-refractivity contribution >= 4 is 35.2 Å². The number of carbonyl (C=O) groups is 3. The summed E-state index contributed by atoms with van der Waals surface area (Å²) in [6.07, 6.45) is 3.36. The lowest BCUT2D eigenvalue weighted by Crippen LogP contribution is -2.53. The van der Waals surface area contributed by atoms with Gasteiger partial charge in [-0.3, -0.25) is 24.6 Å². The van der Waals surface area contributed by atoms with Crippen LogP contribution in [0.4, 0.5) is 5.69 Å². The van der Waals surface area contributed by atoms with Crippen molar-refractivity contribution in [2.45, 2.75) is 24.4 Å². The van der Waals surface area contributed by atoms with Gasteiger partial charge in [0.05, 0.1) is 11.8 Å². The second-order valence-corrected chi connectivity index (χ2v) is 9.39. The fraction of sp³-hybridized carbons (Fsp3) is 0.375. The number of hydrogen-bond acceptors (Lipinski definition) is 5. The van der Waals surface area contributed by atoms with E-state index in [9.17, 15) is 14.4 Å². The van der Waals surface area contributed by atoms with Gasteiger partial charge in [0.25, 0.3) is 0 Å². The summed E-state index contributed by atoms with van der Waals surface area (Å²) in [5, 5.41) is 6.41. The van der Waals surface area contributed by atoms with Gasteiger partial charge in [-0.25, -0.2) is 0 Å². The summed E-state index contributed by atoms with van der Waals surface area (Å²) in [5.41, 5.74) is 1.38. The molecule has 7 heteroatoms. The molecule has 3 amide bonds. The van der Waals surface area contributed by atoms with Gasteiger partial charge in [-0.2, -0.15) is 11.8 Å². The molecule has 160 valence electrons. The van der Waals surface area contributed by atoms with Gasteiger partial charge in [0.15, 0.2) is 0 Å². The van der Waals surface area contributed by atoms with Gasteiger partial charge in [0.2, 0.25) is 17.7 Å². The second-order valence-electron chi connectivity index (χ2n) is 8.41. The molecule has 0 radical (unpaired) electrons. The van der Waals surface area contributed by atoms with Crippen molar-refractivity contribution in [2.24, 2.45) is 11.8 Å². The highest BCUT2D eigenvalue weighted by molar-refractivity contribution is 7.98. The van der Waals surface area contributed by atoms with Crippen LogP contribution in [0.25, 0.3) is 0 Å². The number of anilines is 1. The van der Waals surface area contributed by atoms with E-state index in [1.54, 1.807) is 11.8 Å². The van der Waals surface area contributed by atoms with E-state index in [1.807, 2.05) is 60.9 Å². The number of imide groups is 1. The standard InChI is InChI=1S/C24H25N3O3S/c1-31-14-12-18-19-20(24(26-18)16-9-5-6-10-17(16)25-23(24)30)22(29)27(21(19)28)13-11-15-7-3-2-4-8-15/h2-10,18-20,26H,11-14H2,1H3,(H,25,30)/t18-,19+,20+,24+/m1/s1. The van der Waals surface area contributed by atoms with Crippen LogP contribution in [-0.4, -0.2) is 47.2 Å². The van der Waals surface area contributed by atoms with Crippen LogP contribution in [0.2, 0.25) is 0 Å². The Morgan fingerprint density at radius 1 is 1.00 bits per heavy atom. The number of hydrogen-bond donors (Lipinski definition) is 2. The SMILES string of the molecule is CSCC[C@H]1N[C@]2(C(=O)Nc3ccccc32)[C@@H]2C(=O)N(CCc3ccccc3)C(=O)[C@H]21. The highest BCUT2D eigenvalue weighted by Crippen LogP contribution is 2.53. The Kier molecular flexibility index (Phi) is 5.10. The molecule has 2 aromatic carbocycles. The van der Waals surface area contributed by atoms with Crippen molar-refractivity contribution < 1.29 is 14.4 Å². The zero-order valence-corrected chi connectivity index (χ0v) is 18.2. The van der Waals surface area contributed by atoms with E-state index in [0.29, 0.717) is 18.7 Å². The highest BCUT2D eigenvalue weighted by atomic mass is 32.2. The third kappa shape index (κ3) is 3.02. The molecule has 31 heavy (non-hydrogen) atoms. The van der Waals surface area contributed by atoms with Crippen molar-refractivity contribution in [3.8, 4) is 0 Å². The number of fused-ring (bicyclic) bond motifs is 4. The molecule has 0 aliphatic carbocycles. The minimum absolute atomic E-state index is 0.154. The predicted molar refractivity (Wildman–Crippen MR) is 121 cm³/mol. The lowest BCUT2D eigenvalue weighted by atomic mass is 9.76. The largest absolute Gasteiger partial charge is 0.324 e. The minimum Gasteiger partial charge on any atom is -0.324 e. The zero-order valence-electron chi connectivity index (χ0n) is 17.3. The van der Waals surface area contributed by atoms with Crippen molar-refractivity contribution in [1.29, 1.82) is 0 Å². The summed E-state index contributed by atoms with van der Waals surface area (Å²) in [5.74, 6) is -1.01. The van der Waals surface area contributed by atoms with Crippen LogP contribution < -0.4 is 10.6 Å². The first-order chi connectivity index (χ1) is 15.1. The Morgan fingerprint density at radius 3 is 2.52 bits per heavy atom. The summed E-state index contributed by atoms with van der Waals surface area (Å²) < 4.78 is 0. The van der Waals surface area contributed by atoms with Crippen LogP contribution in [0.3, 0.4) is 0 Å². The molecule has 1 spiro atoms. The van der Waals surface area contributed by atoms with E-state index in [4.69, 9.17) is 0 Å². The van der Waals surface area contributed by atoms with Gasteiger partial charge in [-0.1, -0.05) is 48.5 Å². The van der Waals surface area contributed by atoms with Crippen molar-refractivity contribution in [3.05, 3.63) is 65.7 Å². The van der Waals surface area contributed by atoms with Crippen molar-refractivity contribution in [2.75, 3.05) is 23.9 Å². The molecule has 5 rings (SSSR count). The van der Waals surface area contributed by atoms with Crippen LogP contribution in [0.15, 0.2) is 54.6 Å². The molecule has 3 heterocycles. The maximum Gasteiger partial charge on any atom is 0.250 e. The Labute approximate surface area is 185 Å². The topological polar surface area (TPSA) is 78.5 Å². The van der Waals surface area contributed by atoms with E-state index < -0.39 is 17.4 Å². The maximum atomic E-state index is 13.6. The van der Waals surface area contributed by atoms with Gasteiger partial charge in [0.1, 0.15) is 5.54 Å². The molecular weight excluding hydrogens is 410 g/mol. The molecule has 0 bridgehead atoms. The molecule has 0 unspecified atom stereocenters. The minimum atomic E-state index is -1.18.